The summed E-state index contributed by atoms with van der Waals surface area (Å²) in [4.78, 5) is 10.7. The zero-order valence-corrected chi connectivity index (χ0v) is 11.6. The van der Waals surface area contributed by atoms with E-state index >= 15 is 0 Å². The molecule has 7 nitrogen and oxygen atoms in total. The van der Waals surface area contributed by atoms with Crippen molar-refractivity contribution < 1.29 is 4.74 Å². The number of ether oxygens (including phenoxy) is 1. The van der Waals surface area contributed by atoms with Gasteiger partial charge in [-0.3, -0.25) is 0 Å². The highest BCUT2D eigenvalue weighted by Crippen LogP contribution is 2.22. The number of anilines is 2. The Labute approximate surface area is 113 Å². The highest BCUT2D eigenvalue weighted by atomic mass is 16.5. The summed E-state index contributed by atoms with van der Waals surface area (Å²) in [5, 5.41) is 8.74. The molecule has 1 heterocycles. The highest BCUT2D eigenvalue weighted by molar-refractivity contribution is 5.58. The second-order valence-corrected chi connectivity index (χ2v) is 4.10. The minimum atomic E-state index is 0.428. The number of rotatable bonds is 7. The van der Waals surface area contributed by atoms with Crippen LogP contribution in [-0.4, -0.2) is 36.8 Å². The fourth-order valence-corrected chi connectivity index (χ4v) is 1.77. The molecule has 0 unspecified atom stereocenters. The molecule has 0 fully saturated rings. The molecule has 0 aliphatic heterocycles. The van der Waals surface area contributed by atoms with E-state index in [2.05, 4.69) is 21.5 Å². The van der Waals surface area contributed by atoms with Crippen LogP contribution in [-0.2, 0) is 4.74 Å². The van der Waals surface area contributed by atoms with Crippen molar-refractivity contribution in [3.05, 3.63) is 11.4 Å². The fourth-order valence-electron chi connectivity index (χ4n) is 1.77. The number of hydrazine groups is 1. The Bertz CT molecular complexity index is 456. The van der Waals surface area contributed by atoms with E-state index in [1.54, 1.807) is 7.11 Å². The van der Waals surface area contributed by atoms with Crippen molar-refractivity contribution in [3.8, 4) is 6.07 Å². The fraction of sp³-hybridized carbons (Fsp3) is 0.583. The number of nitrogen functional groups attached to an aromatic ring is 1. The van der Waals surface area contributed by atoms with Gasteiger partial charge in [-0.25, -0.2) is 15.8 Å². The van der Waals surface area contributed by atoms with Crippen LogP contribution in [0.4, 0.5) is 11.6 Å². The zero-order valence-electron chi connectivity index (χ0n) is 11.6. The van der Waals surface area contributed by atoms with E-state index in [4.69, 9.17) is 15.8 Å². The van der Waals surface area contributed by atoms with Crippen molar-refractivity contribution in [1.29, 1.82) is 5.26 Å². The van der Waals surface area contributed by atoms with Crippen LogP contribution >= 0.6 is 0 Å². The maximum Gasteiger partial charge on any atom is 0.148 e. The van der Waals surface area contributed by atoms with Gasteiger partial charge in [0.25, 0.3) is 0 Å². The number of methoxy groups -OCH3 is 1. The summed E-state index contributed by atoms with van der Waals surface area (Å²) in [6.07, 6.45) is 0.428. The second kappa shape index (κ2) is 7.51. The lowest BCUT2D eigenvalue weighted by molar-refractivity contribution is 0.205. The van der Waals surface area contributed by atoms with E-state index in [1.165, 1.54) is 0 Å². The molecule has 0 amide bonds. The number of hydrogen-bond donors (Lipinski definition) is 2. The Morgan fingerprint density at radius 3 is 2.68 bits per heavy atom. The smallest absolute Gasteiger partial charge is 0.148 e. The molecule has 0 radical (unpaired) electrons. The minimum Gasteiger partial charge on any atom is -0.383 e. The van der Waals surface area contributed by atoms with Gasteiger partial charge in [-0.2, -0.15) is 5.26 Å². The topological polar surface area (TPSA) is 100 Å². The van der Waals surface area contributed by atoms with Crippen LogP contribution in [0.2, 0.25) is 0 Å². The molecule has 7 heteroatoms. The van der Waals surface area contributed by atoms with Gasteiger partial charge in [-0.05, 0) is 13.8 Å². The molecule has 1 aromatic heterocycles. The van der Waals surface area contributed by atoms with Crippen molar-refractivity contribution in [2.75, 3.05) is 37.1 Å². The lowest BCUT2D eigenvalue weighted by atomic mass is 10.2. The summed E-state index contributed by atoms with van der Waals surface area (Å²) in [5.41, 5.74) is 3.43. The Morgan fingerprint density at radius 2 is 2.11 bits per heavy atom. The van der Waals surface area contributed by atoms with Crippen LogP contribution in [0.25, 0.3) is 0 Å². The third kappa shape index (κ3) is 4.05. The molecule has 0 aliphatic rings. The summed E-state index contributed by atoms with van der Waals surface area (Å²) in [6.45, 7) is 5.54. The average molecular weight is 264 g/mol. The van der Waals surface area contributed by atoms with E-state index in [9.17, 15) is 0 Å². The van der Waals surface area contributed by atoms with Gasteiger partial charge in [0, 0.05) is 25.8 Å². The first kappa shape index (κ1) is 15.1. The maximum absolute atomic E-state index is 8.74. The molecule has 0 aliphatic carbocycles. The number of hydrogen-bond acceptors (Lipinski definition) is 7. The van der Waals surface area contributed by atoms with E-state index < -0.39 is 0 Å². The molecule has 1 aromatic rings. The van der Waals surface area contributed by atoms with Gasteiger partial charge < -0.3 is 15.1 Å². The second-order valence-electron chi connectivity index (χ2n) is 4.10. The lowest BCUT2D eigenvalue weighted by Crippen LogP contribution is -2.30. The van der Waals surface area contributed by atoms with Crippen molar-refractivity contribution >= 4 is 11.6 Å². The predicted octanol–water partition coefficient (Wildman–Crippen LogP) is 0.746. The van der Waals surface area contributed by atoms with Gasteiger partial charge in [0.05, 0.1) is 19.1 Å². The van der Waals surface area contributed by atoms with Crippen molar-refractivity contribution in [3.63, 3.8) is 0 Å². The number of nitrogens with two attached hydrogens (primary N) is 1. The zero-order chi connectivity index (χ0) is 14.3. The van der Waals surface area contributed by atoms with Crippen LogP contribution in [0.1, 0.15) is 17.8 Å². The van der Waals surface area contributed by atoms with Crippen LogP contribution in [0, 0.1) is 25.2 Å². The van der Waals surface area contributed by atoms with Gasteiger partial charge in [0.2, 0.25) is 0 Å². The van der Waals surface area contributed by atoms with E-state index in [-0.39, 0.29) is 0 Å². The van der Waals surface area contributed by atoms with Gasteiger partial charge in [0.15, 0.2) is 0 Å². The molecule has 0 saturated carbocycles. The molecule has 0 aromatic carbocycles. The summed E-state index contributed by atoms with van der Waals surface area (Å²) < 4.78 is 5.09. The Balaban J connectivity index is 3.06. The first-order chi connectivity index (χ1) is 9.13. The normalized spacial score (nSPS) is 10.1. The number of nitriles is 1. The first-order valence-electron chi connectivity index (χ1n) is 6.06. The lowest BCUT2D eigenvalue weighted by Gasteiger charge is -2.25. The van der Waals surface area contributed by atoms with E-state index in [0.717, 1.165) is 11.4 Å². The molecule has 19 heavy (non-hydrogen) atoms. The Morgan fingerprint density at radius 1 is 1.37 bits per heavy atom. The average Bonchev–Trinajstić information content (AvgIpc) is 2.41. The monoisotopic (exact) mass is 264 g/mol. The SMILES string of the molecule is COCCN(CCC#N)c1nc(C)nc(NN)c1C. The third-order valence-corrected chi connectivity index (χ3v) is 2.73. The number of aromatic nitrogens is 2. The molecule has 104 valence electrons. The Hall–Kier alpha value is -1.91. The number of nitrogens with zero attached hydrogens (tertiary/aromatic N) is 4. The van der Waals surface area contributed by atoms with E-state index in [0.29, 0.717) is 37.8 Å². The van der Waals surface area contributed by atoms with Crippen LogP contribution in [0.5, 0.6) is 0 Å². The highest BCUT2D eigenvalue weighted by Gasteiger charge is 2.15. The third-order valence-electron chi connectivity index (χ3n) is 2.73. The van der Waals surface area contributed by atoms with Gasteiger partial charge in [-0.15, -0.1) is 0 Å². The summed E-state index contributed by atoms with van der Waals surface area (Å²) >= 11 is 0. The quantitative estimate of drug-likeness (QED) is 0.553. The van der Waals surface area contributed by atoms with Gasteiger partial charge in [0.1, 0.15) is 17.5 Å². The maximum atomic E-state index is 8.74. The number of nitrogens with one attached hydrogen (secondary N) is 1. The molecular weight excluding hydrogens is 244 g/mol. The molecule has 0 bridgehead atoms. The van der Waals surface area contributed by atoms with Crippen LogP contribution in [0.15, 0.2) is 0 Å². The van der Waals surface area contributed by atoms with Crippen molar-refractivity contribution in [2.24, 2.45) is 5.84 Å². The van der Waals surface area contributed by atoms with Crippen molar-refractivity contribution in [1.82, 2.24) is 9.97 Å². The largest absolute Gasteiger partial charge is 0.383 e. The molecule has 0 spiro atoms. The molecule has 3 N–H and O–H groups in total. The standard InChI is InChI=1S/C12H20N6O/c1-9-11(17-14)15-10(2)16-12(9)18(6-4-5-13)7-8-19-3/h4,6-8,14H2,1-3H3,(H,15,16,17). The first-order valence-corrected chi connectivity index (χ1v) is 6.06. The summed E-state index contributed by atoms with van der Waals surface area (Å²) in [6, 6.07) is 2.14. The Kier molecular flexibility index (Phi) is 5.99. The number of aryl methyl sites for hydroxylation is 1. The molecular formula is C12H20N6O. The molecule has 0 saturated heterocycles. The van der Waals surface area contributed by atoms with Gasteiger partial charge in [-0.1, -0.05) is 0 Å². The summed E-state index contributed by atoms with van der Waals surface area (Å²) in [5.74, 6) is 7.47. The van der Waals surface area contributed by atoms with E-state index in [1.807, 2.05) is 18.7 Å². The predicted molar refractivity (Wildman–Crippen MR) is 73.6 cm³/mol. The van der Waals surface area contributed by atoms with Crippen LogP contribution in [0.3, 0.4) is 0 Å². The van der Waals surface area contributed by atoms with Gasteiger partial charge >= 0.3 is 0 Å². The van der Waals surface area contributed by atoms with Crippen molar-refractivity contribution in [2.45, 2.75) is 20.3 Å². The minimum absolute atomic E-state index is 0.428. The summed E-state index contributed by atoms with van der Waals surface area (Å²) in [7, 11) is 1.65. The molecule has 1 rings (SSSR count). The van der Waals surface area contributed by atoms with Crippen LogP contribution < -0.4 is 16.2 Å². The molecule has 0 atom stereocenters.